The highest BCUT2D eigenvalue weighted by Crippen LogP contribution is 1.94. The van der Waals surface area contributed by atoms with E-state index in [4.69, 9.17) is 4.55 Å². The molecule has 0 amide bonds. The fourth-order valence-electron chi connectivity index (χ4n) is 1.55. The maximum Gasteiger partial charge on any atom is 0.264 e. The van der Waals surface area contributed by atoms with Crippen LogP contribution in [-0.2, 0) is 26.8 Å². The molecule has 0 radical (unpaired) electrons. The van der Waals surface area contributed by atoms with E-state index in [9.17, 15) is 21.4 Å². The summed E-state index contributed by atoms with van der Waals surface area (Å²) in [6.07, 6.45) is 9.68. The van der Waals surface area contributed by atoms with Gasteiger partial charge in [-0.2, -0.15) is 8.42 Å². The lowest BCUT2D eigenvalue weighted by molar-refractivity contribution is -0.696. The number of hydrogen-bond acceptors (Lipinski definition) is 5. The molecule has 0 saturated heterocycles. The summed E-state index contributed by atoms with van der Waals surface area (Å²) in [4.78, 5) is 0. The van der Waals surface area contributed by atoms with E-state index in [0.717, 1.165) is 13.0 Å². The smallest absolute Gasteiger partial charge is 0.264 e. The molecule has 1 rings (SSSR count). The Labute approximate surface area is 138 Å². The Balaban J connectivity index is 0.000000515. The monoisotopic (exact) mass is 368 g/mol. The summed E-state index contributed by atoms with van der Waals surface area (Å²) in [6, 6.07) is 0. The average Bonchev–Trinajstić information content (AvgIpc) is 2.88. The zero-order valence-corrected chi connectivity index (χ0v) is 14.8. The molecule has 134 valence electrons. The molecule has 0 aliphatic rings. The van der Waals surface area contributed by atoms with Crippen molar-refractivity contribution in [3.63, 3.8) is 0 Å². The Morgan fingerprint density at radius 2 is 1.87 bits per heavy atom. The van der Waals surface area contributed by atoms with E-state index in [-0.39, 0.29) is 11.5 Å². The van der Waals surface area contributed by atoms with Crippen LogP contribution in [0.2, 0.25) is 0 Å². The molecule has 0 saturated carbocycles. The van der Waals surface area contributed by atoms with Gasteiger partial charge in [-0.25, -0.2) is 17.6 Å². The Bertz CT molecular complexity index is 664. The quantitative estimate of drug-likeness (QED) is 0.392. The summed E-state index contributed by atoms with van der Waals surface area (Å²) < 4.78 is 62.6. The van der Waals surface area contributed by atoms with E-state index in [1.165, 1.54) is 0 Å². The van der Waals surface area contributed by atoms with E-state index >= 15 is 0 Å². The van der Waals surface area contributed by atoms with Crippen molar-refractivity contribution in [3.8, 4) is 0 Å². The predicted molar refractivity (Wildman–Crippen MR) is 86.1 cm³/mol. The van der Waals surface area contributed by atoms with Gasteiger partial charge in [-0.05, 0) is 19.3 Å². The van der Waals surface area contributed by atoms with Crippen LogP contribution in [0.5, 0.6) is 0 Å². The number of aryl methyl sites for hydroxylation is 1. The van der Waals surface area contributed by atoms with Gasteiger partial charge in [0.1, 0.15) is 12.4 Å². The lowest BCUT2D eigenvalue weighted by Crippen LogP contribution is -2.30. The standard InChI is InChI=1S/C9H14N2O3S.C4H10O3S/c1-2-10-6-7-11(9-10)5-3-4-8-15(12,13)14;1-2-3-4-8(5,6)7/h2,6-7,9H,1,3-5,8H2;2-4H2,1H3,(H,5,6,7). The first-order valence-electron chi connectivity index (χ1n) is 7.15. The van der Waals surface area contributed by atoms with Gasteiger partial charge in [0.25, 0.3) is 10.1 Å². The second kappa shape index (κ2) is 10.5. The molecular formula is C13H24N2O6S2. The molecule has 0 atom stereocenters. The van der Waals surface area contributed by atoms with Crippen LogP contribution in [0.15, 0.2) is 25.3 Å². The van der Waals surface area contributed by atoms with Crippen molar-refractivity contribution >= 4 is 26.4 Å². The van der Waals surface area contributed by atoms with Crippen LogP contribution in [0.25, 0.3) is 6.20 Å². The van der Waals surface area contributed by atoms with Gasteiger partial charge >= 0.3 is 0 Å². The SMILES string of the molecule is C=Cn1cc[n+](CCCCS(=O)(=O)O)c1.CCCCS(=O)(=O)[O-]. The molecule has 0 aromatic carbocycles. The van der Waals surface area contributed by atoms with E-state index in [1.807, 2.05) is 34.8 Å². The number of unbranched alkanes of at least 4 members (excludes halogenated alkanes) is 2. The molecule has 0 aliphatic carbocycles. The first-order valence-corrected chi connectivity index (χ1v) is 10.3. The molecule has 8 nitrogen and oxygen atoms in total. The molecule has 0 unspecified atom stereocenters. The van der Waals surface area contributed by atoms with Crippen molar-refractivity contribution in [2.45, 2.75) is 39.2 Å². The van der Waals surface area contributed by atoms with E-state index in [2.05, 4.69) is 6.58 Å². The predicted octanol–water partition coefficient (Wildman–Crippen LogP) is 0.876. The van der Waals surface area contributed by atoms with Crippen LogP contribution < -0.4 is 4.57 Å². The zero-order valence-electron chi connectivity index (χ0n) is 13.2. The van der Waals surface area contributed by atoms with Crippen LogP contribution in [0.4, 0.5) is 0 Å². The first kappa shape index (κ1) is 21.8. The molecule has 23 heavy (non-hydrogen) atoms. The number of nitrogens with zero attached hydrogens (tertiary/aromatic N) is 2. The summed E-state index contributed by atoms with van der Waals surface area (Å²) in [6.45, 7) is 6.18. The van der Waals surface area contributed by atoms with Gasteiger partial charge in [0.15, 0.2) is 0 Å². The van der Waals surface area contributed by atoms with E-state index in [0.29, 0.717) is 19.3 Å². The van der Waals surface area contributed by atoms with Gasteiger partial charge in [0, 0.05) is 5.75 Å². The summed E-state index contributed by atoms with van der Waals surface area (Å²) >= 11 is 0. The number of imidazole rings is 1. The average molecular weight is 368 g/mol. The van der Waals surface area contributed by atoms with Gasteiger partial charge in [-0.1, -0.05) is 19.9 Å². The maximum atomic E-state index is 10.4. The van der Waals surface area contributed by atoms with Gasteiger partial charge in [-0.3, -0.25) is 4.55 Å². The van der Waals surface area contributed by atoms with Crippen molar-refractivity contribution in [2.75, 3.05) is 11.5 Å². The Hall–Kier alpha value is -1.23. The van der Waals surface area contributed by atoms with Crippen LogP contribution in [0, 0.1) is 0 Å². The topological polar surface area (TPSA) is 120 Å². The molecule has 1 heterocycles. The highest BCUT2D eigenvalue weighted by Gasteiger charge is 2.05. The third-order valence-corrected chi connectivity index (χ3v) is 4.33. The maximum absolute atomic E-state index is 10.4. The summed E-state index contributed by atoms with van der Waals surface area (Å²) in [5.41, 5.74) is 0. The van der Waals surface area contributed by atoms with E-state index in [1.54, 1.807) is 6.20 Å². The molecule has 0 spiro atoms. The highest BCUT2D eigenvalue weighted by atomic mass is 32.2. The summed E-state index contributed by atoms with van der Waals surface area (Å²) in [7, 11) is -7.74. The minimum atomic E-state index is -3.94. The third kappa shape index (κ3) is 14.1. The highest BCUT2D eigenvalue weighted by molar-refractivity contribution is 7.85. The molecule has 0 fully saturated rings. The normalized spacial score (nSPS) is 11.6. The van der Waals surface area contributed by atoms with Crippen molar-refractivity contribution in [2.24, 2.45) is 0 Å². The second-order valence-corrected chi connectivity index (χ2v) is 7.99. The number of rotatable bonds is 9. The summed E-state index contributed by atoms with van der Waals surface area (Å²) in [5, 5.41) is 0. The molecule has 0 aliphatic heterocycles. The largest absolute Gasteiger partial charge is 0.748 e. The Kier molecular flexibility index (Phi) is 9.96. The van der Waals surface area contributed by atoms with E-state index < -0.39 is 20.2 Å². The molecule has 1 aromatic heterocycles. The summed E-state index contributed by atoms with van der Waals surface area (Å²) in [5.74, 6) is -0.390. The van der Waals surface area contributed by atoms with Crippen LogP contribution in [-0.4, -0.2) is 42.0 Å². The van der Waals surface area contributed by atoms with Gasteiger partial charge in [0.2, 0.25) is 6.33 Å². The molecular weight excluding hydrogens is 344 g/mol. The molecule has 10 heteroatoms. The fourth-order valence-corrected chi connectivity index (χ4v) is 2.76. The lowest BCUT2D eigenvalue weighted by Gasteiger charge is -2.02. The van der Waals surface area contributed by atoms with Gasteiger partial charge in [0.05, 0.1) is 28.6 Å². The minimum absolute atomic E-state index is 0.171. The Morgan fingerprint density at radius 3 is 2.26 bits per heavy atom. The third-order valence-electron chi connectivity index (χ3n) is 2.74. The van der Waals surface area contributed by atoms with Crippen LogP contribution in [0.3, 0.4) is 0 Å². The van der Waals surface area contributed by atoms with Crippen molar-refractivity contribution in [3.05, 3.63) is 25.3 Å². The first-order chi connectivity index (χ1) is 10.6. The zero-order chi connectivity index (χ0) is 17.9. The fraction of sp³-hybridized carbons (Fsp3) is 0.615. The Morgan fingerprint density at radius 1 is 1.22 bits per heavy atom. The van der Waals surface area contributed by atoms with Gasteiger partial charge in [-0.15, -0.1) is 0 Å². The van der Waals surface area contributed by atoms with Crippen LogP contribution in [0.1, 0.15) is 32.6 Å². The van der Waals surface area contributed by atoms with Crippen molar-refractivity contribution in [1.82, 2.24) is 4.57 Å². The lowest BCUT2D eigenvalue weighted by atomic mass is 10.3. The second-order valence-electron chi connectivity index (χ2n) is 4.89. The molecule has 0 bridgehead atoms. The molecule has 1 N–H and O–H groups in total. The number of aromatic nitrogens is 2. The van der Waals surface area contributed by atoms with Gasteiger partial charge < -0.3 is 4.55 Å². The van der Waals surface area contributed by atoms with Crippen molar-refractivity contribution < 1.29 is 30.5 Å². The number of hydrogen-bond donors (Lipinski definition) is 1. The van der Waals surface area contributed by atoms with Crippen molar-refractivity contribution in [1.29, 1.82) is 0 Å². The molecule has 1 aromatic rings. The van der Waals surface area contributed by atoms with Crippen LogP contribution >= 0.6 is 0 Å². The minimum Gasteiger partial charge on any atom is -0.748 e.